The first-order valence-corrected chi connectivity index (χ1v) is 9.36. The maximum absolute atomic E-state index is 13.1. The molecule has 5 nitrogen and oxygen atoms in total. The van der Waals surface area contributed by atoms with Gasteiger partial charge >= 0.3 is 0 Å². The van der Waals surface area contributed by atoms with Crippen molar-refractivity contribution in [1.29, 1.82) is 0 Å². The van der Waals surface area contributed by atoms with Crippen molar-refractivity contribution in [2.75, 3.05) is 27.8 Å². The first-order chi connectivity index (χ1) is 13.1. The number of likely N-dealkylation sites (N-methyl/N-ethyl adjacent to an activating group) is 1. The number of carbonyl (C=O) groups excluding carboxylic acids is 1. The van der Waals surface area contributed by atoms with E-state index >= 15 is 0 Å². The van der Waals surface area contributed by atoms with Crippen LogP contribution in [0, 0.1) is 0 Å². The number of amides is 1. The molecule has 0 radical (unpaired) electrons. The first-order valence-electron chi connectivity index (χ1n) is 9.36. The van der Waals surface area contributed by atoms with Gasteiger partial charge in [0.05, 0.1) is 20.3 Å². The molecule has 0 aromatic heterocycles. The molecule has 1 saturated heterocycles. The van der Waals surface area contributed by atoms with Crippen molar-refractivity contribution in [3.8, 4) is 11.5 Å². The van der Waals surface area contributed by atoms with Crippen molar-refractivity contribution < 1.29 is 14.3 Å². The highest BCUT2D eigenvalue weighted by molar-refractivity contribution is 5.82. The molecule has 1 aliphatic rings. The molecule has 0 spiro atoms. The number of hydrogen-bond acceptors (Lipinski definition) is 4. The monoisotopic (exact) mass is 368 g/mol. The lowest BCUT2D eigenvalue weighted by Crippen LogP contribution is -2.43. The van der Waals surface area contributed by atoms with E-state index in [-0.39, 0.29) is 11.9 Å². The number of ether oxygens (including phenoxy) is 2. The highest BCUT2D eigenvalue weighted by Gasteiger charge is 2.32. The highest BCUT2D eigenvalue weighted by atomic mass is 16.5. The molecule has 1 heterocycles. The van der Waals surface area contributed by atoms with Gasteiger partial charge in [-0.2, -0.15) is 0 Å². The Kier molecular flexibility index (Phi) is 6.35. The van der Waals surface area contributed by atoms with Gasteiger partial charge < -0.3 is 14.4 Å². The fraction of sp³-hybridized carbons (Fsp3) is 0.409. The van der Waals surface area contributed by atoms with Crippen LogP contribution in [0.25, 0.3) is 0 Å². The fourth-order valence-corrected chi connectivity index (χ4v) is 3.68. The predicted molar refractivity (Wildman–Crippen MR) is 106 cm³/mol. The van der Waals surface area contributed by atoms with E-state index in [9.17, 15) is 4.79 Å². The minimum absolute atomic E-state index is 0.0561. The average molecular weight is 368 g/mol. The maximum atomic E-state index is 13.1. The van der Waals surface area contributed by atoms with Gasteiger partial charge in [-0.15, -0.1) is 0 Å². The van der Waals surface area contributed by atoms with Gasteiger partial charge in [0, 0.05) is 31.8 Å². The van der Waals surface area contributed by atoms with E-state index in [4.69, 9.17) is 9.47 Å². The van der Waals surface area contributed by atoms with E-state index in [1.165, 1.54) is 5.56 Å². The number of hydrogen-bond donors (Lipinski definition) is 0. The van der Waals surface area contributed by atoms with Gasteiger partial charge in [-0.3, -0.25) is 9.69 Å². The van der Waals surface area contributed by atoms with E-state index in [1.54, 1.807) is 19.1 Å². The Bertz CT molecular complexity index is 763. The molecule has 2 aromatic rings. The molecule has 0 saturated carbocycles. The Morgan fingerprint density at radius 1 is 1.15 bits per heavy atom. The van der Waals surface area contributed by atoms with Gasteiger partial charge in [-0.05, 0) is 37.1 Å². The maximum Gasteiger partial charge on any atom is 0.239 e. The summed E-state index contributed by atoms with van der Waals surface area (Å²) < 4.78 is 10.7. The highest BCUT2D eigenvalue weighted by Crippen LogP contribution is 2.27. The van der Waals surface area contributed by atoms with Gasteiger partial charge in [0.25, 0.3) is 0 Å². The Morgan fingerprint density at radius 3 is 2.63 bits per heavy atom. The molecule has 1 aliphatic heterocycles. The third kappa shape index (κ3) is 4.61. The average Bonchev–Trinajstić information content (AvgIpc) is 3.16. The van der Waals surface area contributed by atoms with Crippen LogP contribution in [0.1, 0.15) is 24.0 Å². The summed E-state index contributed by atoms with van der Waals surface area (Å²) in [7, 11) is 5.13. The molecular formula is C22H28N2O3. The number of methoxy groups -OCH3 is 2. The van der Waals surface area contributed by atoms with Crippen LogP contribution in [0.2, 0.25) is 0 Å². The summed E-state index contributed by atoms with van der Waals surface area (Å²) in [5.41, 5.74) is 2.22. The molecular weight excluding hydrogens is 340 g/mol. The summed E-state index contributed by atoms with van der Waals surface area (Å²) in [5, 5.41) is 0. The zero-order valence-electron chi connectivity index (χ0n) is 16.4. The molecule has 0 N–H and O–H groups in total. The van der Waals surface area contributed by atoms with Gasteiger partial charge in [0.2, 0.25) is 5.91 Å². The molecule has 2 aromatic carbocycles. The van der Waals surface area contributed by atoms with Crippen molar-refractivity contribution in [1.82, 2.24) is 9.80 Å². The van der Waals surface area contributed by atoms with Crippen molar-refractivity contribution in [3.05, 3.63) is 59.7 Å². The Balaban J connectivity index is 1.67. The lowest BCUT2D eigenvalue weighted by Gasteiger charge is -2.28. The standard InChI is InChI=1S/C22H28N2O3/c1-23(16-18-11-12-19(26-2)14-21(18)27-3)22(25)20-10-7-13-24(20)15-17-8-5-4-6-9-17/h4-6,8-9,11-12,14,20H,7,10,13,15-16H2,1-3H3/t20-/m1/s1. The molecule has 3 rings (SSSR count). The number of likely N-dealkylation sites (tertiary alicyclic amines) is 1. The third-order valence-electron chi connectivity index (χ3n) is 5.16. The van der Waals surface area contributed by atoms with Gasteiger partial charge in [0.1, 0.15) is 11.5 Å². The summed E-state index contributed by atoms with van der Waals surface area (Å²) in [5.74, 6) is 1.65. The molecule has 0 unspecified atom stereocenters. The molecule has 144 valence electrons. The van der Waals surface area contributed by atoms with E-state index in [2.05, 4.69) is 17.0 Å². The predicted octanol–water partition coefficient (Wildman–Crippen LogP) is 3.33. The summed E-state index contributed by atoms with van der Waals surface area (Å²) >= 11 is 0. The number of benzene rings is 2. The summed E-state index contributed by atoms with van der Waals surface area (Å²) in [6, 6.07) is 16.0. The second-order valence-corrected chi connectivity index (χ2v) is 6.99. The second kappa shape index (κ2) is 8.91. The van der Waals surface area contributed by atoms with Crippen LogP contribution >= 0.6 is 0 Å². The molecule has 5 heteroatoms. The Hall–Kier alpha value is -2.53. The normalized spacial score (nSPS) is 16.9. The largest absolute Gasteiger partial charge is 0.497 e. The van der Waals surface area contributed by atoms with Crippen LogP contribution in [-0.2, 0) is 17.9 Å². The van der Waals surface area contributed by atoms with Crippen LogP contribution in [0.4, 0.5) is 0 Å². The van der Waals surface area contributed by atoms with Gasteiger partial charge in [0.15, 0.2) is 0 Å². The first kappa shape index (κ1) is 19.2. The van der Waals surface area contributed by atoms with Crippen molar-refractivity contribution in [2.24, 2.45) is 0 Å². The van der Waals surface area contributed by atoms with Crippen molar-refractivity contribution in [2.45, 2.75) is 32.0 Å². The number of rotatable bonds is 7. The van der Waals surface area contributed by atoms with E-state index in [0.717, 1.165) is 43.0 Å². The summed E-state index contributed by atoms with van der Waals surface area (Å²) in [6.45, 7) is 2.30. The zero-order chi connectivity index (χ0) is 19.2. The fourth-order valence-electron chi connectivity index (χ4n) is 3.68. The van der Waals surface area contributed by atoms with Crippen molar-refractivity contribution >= 4 is 5.91 Å². The molecule has 27 heavy (non-hydrogen) atoms. The van der Waals surface area contributed by atoms with Crippen LogP contribution < -0.4 is 9.47 Å². The Labute approximate surface area is 161 Å². The SMILES string of the molecule is COc1ccc(CN(C)C(=O)[C@H]2CCCN2Cc2ccccc2)c(OC)c1. The van der Waals surface area contributed by atoms with E-state index < -0.39 is 0 Å². The van der Waals surface area contributed by atoms with Crippen LogP contribution in [-0.4, -0.2) is 49.6 Å². The van der Waals surface area contributed by atoms with Crippen LogP contribution in [0.5, 0.6) is 11.5 Å². The zero-order valence-corrected chi connectivity index (χ0v) is 16.4. The Morgan fingerprint density at radius 2 is 1.93 bits per heavy atom. The lowest BCUT2D eigenvalue weighted by molar-refractivity contribution is -0.135. The topological polar surface area (TPSA) is 42.0 Å². The molecule has 0 bridgehead atoms. The molecule has 1 amide bonds. The third-order valence-corrected chi connectivity index (χ3v) is 5.16. The van der Waals surface area contributed by atoms with Gasteiger partial charge in [-0.25, -0.2) is 0 Å². The van der Waals surface area contributed by atoms with Gasteiger partial charge in [-0.1, -0.05) is 30.3 Å². The van der Waals surface area contributed by atoms with Crippen LogP contribution in [0.3, 0.4) is 0 Å². The lowest BCUT2D eigenvalue weighted by atomic mass is 10.1. The van der Waals surface area contributed by atoms with Crippen molar-refractivity contribution in [3.63, 3.8) is 0 Å². The minimum Gasteiger partial charge on any atom is -0.497 e. The molecule has 1 atom stereocenters. The number of nitrogens with zero attached hydrogens (tertiary/aromatic N) is 2. The minimum atomic E-state index is -0.0561. The smallest absolute Gasteiger partial charge is 0.239 e. The quantitative estimate of drug-likeness (QED) is 0.752. The van der Waals surface area contributed by atoms with E-state index in [0.29, 0.717) is 6.54 Å². The van der Waals surface area contributed by atoms with E-state index in [1.807, 2.05) is 43.4 Å². The number of carbonyl (C=O) groups is 1. The summed E-state index contributed by atoms with van der Waals surface area (Å²) in [6.07, 6.45) is 1.97. The molecule has 1 fully saturated rings. The second-order valence-electron chi connectivity index (χ2n) is 6.99. The summed E-state index contributed by atoms with van der Waals surface area (Å²) in [4.78, 5) is 17.2. The van der Waals surface area contributed by atoms with Crippen LogP contribution in [0.15, 0.2) is 48.5 Å². The molecule has 0 aliphatic carbocycles.